The lowest BCUT2D eigenvalue weighted by molar-refractivity contribution is -0.157. The normalized spacial score (nSPS) is 16.3. The number of hydrogen-bond acceptors (Lipinski definition) is 12. The van der Waals surface area contributed by atoms with Gasteiger partial charge in [-0.2, -0.15) is 21.6 Å². The number of halogens is 4. The van der Waals surface area contributed by atoms with Crippen LogP contribution in [0.3, 0.4) is 0 Å². The third-order valence-corrected chi connectivity index (χ3v) is 14.5. The first-order valence-corrected chi connectivity index (χ1v) is 24.8. The molecule has 6 aromatic carbocycles. The minimum absolute atomic E-state index is 0.00868. The van der Waals surface area contributed by atoms with Crippen LogP contribution >= 0.6 is 22.9 Å². The Kier molecular flexibility index (Phi) is 13.8. The number of anilines is 1. The summed E-state index contributed by atoms with van der Waals surface area (Å²) in [6.45, 7) is 0. The number of methoxy groups -OCH3 is 1. The Bertz CT molecular complexity index is 3090. The van der Waals surface area contributed by atoms with Crippen LogP contribution in [0.1, 0.15) is 51.9 Å². The number of aromatic nitrogens is 1. The number of amides is 2. The average Bonchev–Trinajstić information content (AvgIpc) is 3.77. The van der Waals surface area contributed by atoms with Crippen molar-refractivity contribution >= 4 is 61.7 Å². The van der Waals surface area contributed by atoms with Crippen molar-refractivity contribution in [2.24, 2.45) is 5.16 Å². The minimum atomic E-state index is -6.25. The molecule has 1 fully saturated rings. The topological polar surface area (TPSA) is 166 Å². The quantitative estimate of drug-likeness (QED) is 0.0181. The van der Waals surface area contributed by atoms with Crippen LogP contribution in [0.5, 0.6) is 0 Å². The fourth-order valence-corrected chi connectivity index (χ4v) is 10.6. The first-order valence-electron chi connectivity index (χ1n) is 22.2. The summed E-state index contributed by atoms with van der Waals surface area (Å²) in [7, 11) is -5.35. The van der Waals surface area contributed by atoms with Crippen LogP contribution in [-0.4, -0.2) is 66.5 Å². The smallest absolute Gasteiger partial charge is 0.464 e. The van der Waals surface area contributed by atoms with Gasteiger partial charge in [-0.25, -0.2) is 9.78 Å². The lowest BCUT2D eigenvalue weighted by Gasteiger charge is -2.49. The van der Waals surface area contributed by atoms with Crippen molar-refractivity contribution in [2.75, 3.05) is 12.4 Å². The van der Waals surface area contributed by atoms with Gasteiger partial charge in [0, 0.05) is 23.1 Å². The summed E-state index contributed by atoms with van der Waals surface area (Å²) >= 11 is 8.18. The Balaban J connectivity index is 1.17. The molecule has 2 atom stereocenters. The third-order valence-electron chi connectivity index (χ3n) is 12.3. The average molecular weight is 1030 g/mol. The number of fused-ring (bicyclic) bond motifs is 1. The Morgan fingerprint density at radius 1 is 0.722 bits per heavy atom. The fourth-order valence-electron chi connectivity index (χ4n) is 9.01. The molecule has 72 heavy (non-hydrogen) atoms. The number of nitrogens with one attached hydrogen (secondary N) is 2. The molecule has 1 saturated heterocycles. The largest absolute Gasteiger partial charge is 0.534 e. The number of rotatable bonds is 16. The zero-order valence-electron chi connectivity index (χ0n) is 37.8. The third kappa shape index (κ3) is 9.08. The molecular formula is C53H41ClF3N5O8S2. The van der Waals surface area contributed by atoms with Crippen molar-refractivity contribution in [3.63, 3.8) is 0 Å². The number of benzene rings is 6. The monoisotopic (exact) mass is 1030 g/mol. The van der Waals surface area contributed by atoms with Gasteiger partial charge in [0.05, 0.1) is 13.2 Å². The van der Waals surface area contributed by atoms with E-state index >= 15 is 4.79 Å². The molecule has 2 N–H and O–H groups in total. The molecule has 0 spiro atoms. The van der Waals surface area contributed by atoms with Crippen LogP contribution in [0, 0.1) is 0 Å². The molecule has 9 rings (SSSR count). The predicted octanol–water partition coefficient (Wildman–Crippen LogP) is 9.65. The summed E-state index contributed by atoms with van der Waals surface area (Å²) in [5, 5.41) is 11.2. The lowest BCUT2D eigenvalue weighted by Crippen LogP contribution is -2.72. The molecule has 19 heteroatoms. The Labute approximate surface area is 420 Å². The number of esters is 1. The number of carbonyl (C=O) groups is 3. The Morgan fingerprint density at radius 3 is 1.57 bits per heavy atom. The maximum atomic E-state index is 15.1. The standard InChI is InChI=1S/C53H41ClF3N5O8S2/c1-68-49(65)45-41(69-72(66,67)53(55,56)57)33-32-40-42(48(64)62(40)45)58-47(63)44(61-70-52(37-26-14-5-15-27-37,38-28-16-6-17-29-38)39-30-18-7-19-31-39)43-46(54)71-50(59-43)60-51(34-20-8-2-9-21-34,35-22-10-3-11-23-35)36-24-12-4-13-25-36/h2-31,40,42H,32-33H2,1H3,(H,58,63)(H,59,60)/b61-44-. The molecule has 0 aliphatic carbocycles. The van der Waals surface area contributed by atoms with Gasteiger partial charge in [0.2, 0.25) is 5.60 Å². The van der Waals surface area contributed by atoms with Gasteiger partial charge >= 0.3 is 21.6 Å². The van der Waals surface area contributed by atoms with Crippen LogP contribution in [0.15, 0.2) is 199 Å². The number of carbonyl (C=O) groups excluding carboxylic acids is 3. The maximum absolute atomic E-state index is 15.1. The molecule has 2 amide bonds. The van der Waals surface area contributed by atoms with Gasteiger partial charge in [0.15, 0.2) is 22.3 Å². The van der Waals surface area contributed by atoms with Gasteiger partial charge in [0.1, 0.15) is 21.6 Å². The summed E-state index contributed by atoms with van der Waals surface area (Å²) in [6, 6.07) is 54.1. The Morgan fingerprint density at radius 2 is 1.15 bits per heavy atom. The summed E-state index contributed by atoms with van der Waals surface area (Å²) in [6.07, 6.45) is -0.800. The van der Waals surface area contributed by atoms with E-state index < -0.39 is 80.2 Å². The number of hydrogen-bond donors (Lipinski definition) is 2. The summed E-state index contributed by atoms with van der Waals surface area (Å²) in [4.78, 5) is 54.7. The highest BCUT2D eigenvalue weighted by atomic mass is 35.5. The number of allylic oxidation sites excluding steroid dienone is 1. The van der Waals surface area contributed by atoms with Crippen LogP contribution in [0.4, 0.5) is 18.3 Å². The zero-order chi connectivity index (χ0) is 50.7. The van der Waals surface area contributed by atoms with Crippen molar-refractivity contribution in [3.8, 4) is 0 Å². The van der Waals surface area contributed by atoms with Gasteiger partial charge in [-0.1, -0.05) is 210 Å². The zero-order valence-corrected chi connectivity index (χ0v) is 40.2. The highest BCUT2D eigenvalue weighted by molar-refractivity contribution is 7.87. The van der Waals surface area contributed by atoms with Gasteiger partial charge in [-0.05, 0) is 23.1 Å². The number of thiazole rings is 1. The molecule has 3 heterocycles. The van der Waals surface area contributed by atoms with Gasteiger partial charge in [-0.3, -0.25) is 14.5 Å². The van der Waals surface area contributed by atoms with Crippen LogP contribution in [0.25, 0.3) is 0 Å². The molecule has 0 bridgehead atoms. The molecule has 2 aliphatic heterocycles. The second kappa shape index (κ2) is 20.1. The highest BCUT2D eigenvalue weighted by Crippen LogP contribution is 2.45. The van der Waals surface area contributed by atoms with Crippen molar-refractivity contribution < 1.29 is 49.7 Å². The van der Waals surface area contributed by atoms with Crippen LogP contribution < -0.4 is 10.6 Å². The fraction of sp³-hybridized carbons (Fsp3) is 0.151. The predicted molar refractivity (Wildman–Crippen MR) is 264 cm³/mol. The molecule has 0 radical (unpaired) electrons. The first-order chi connectivity index (χ1) is 34.7. The van der Waals surface area contributed by atoms with Crippen molar-refractivity contribution in [1.82, 2.24) is 15.2 Å². The number of alkyl halides is 3. The second-order valence-electron chi connectivity index (χ2n) is 16.4. The van der Waals surface area contributed by atoms with Crippen LogP contribution in [0.2, 0.25) is 4.34 Å². The maximum Gasteiger partial charge on any atom is 0.534 e. The van der Waals surface area contributed by atoms with E-state index in [1.165, 1.54) is 0 Å². The molecule has 366 valence electrons. The molecule has 7 aromatic rings. The lowest BCUT2D eigenvalue weighted by atomic mass is 9.77. The van der Waals surface area contributed by atoms with E-state index in [-0.39, 0.29) is 21.6 Å². The van der Waals surface area contributed by atoms with Crippen molar-refractivity contribution in [3.05, 3.63) is 237 Å². The number of ether oxygens (including phenoxy) is 1. The highest BCUT2D eigenvalue weighted by Gasteiger charge is 2.57. The summed E-state index contributed by atoms with van der Waals surface area (Å²) < 4.78 is 73.6. The van der Waals surface area contributed by atoms with Crippen molar-refractivity contribution in [1.29, 1.82) is 0 Å². The second-order valence-corrected chi connectivity index (χ2v) is 19.6. The van der Waals surface area contributed by atoms with Gasteiger partial charge < -0.3 is 24.4 Å². The summed E-state index contributed by atoms with van der Waals surface area (Å²) in [5.74, 6) is -4.29. The van der Waals surface area contributed by atoms with Gasteiger partial charge in [-0.15, -0.1) is 0 Å². The minimum Gasteiger partial charge on any atom is -0.464 e. The van der Waals surface area contributed by atoms with E-state index in [4.69, 9.17) is 26.2 Å². The van der Waals surface area contributed by atoms with E-state index in [9.17, 15) is 31.2 Å². The number of nitrogens with zero attached hydrogens (tertiary/aromatic N) is 3. The van der Waals surface area contributed by atoms with E-state index in [0.717, 1.165) is 40.0 Å². The van der Waals surface area contributed by atoms with E-state index in [2.05, 4.69) is 20.0 Å². The SMILES string of the molecule is COC(=O)C1=C(OS(=O)(=O)C(F)(F)F)CCC2C(NC(=O)/C(=N\OC(c3ccccc3)(c3ccccc3)c3ccccc3)c3nc(NC(c4ccccc4)(c4ccccc4)c4ccccc4)sc3Cl)C(=O)N12. The molecule has 13 nitrogen and oxygen atoms in total. The molecule has 2 aliphatic rings. The molecule has 2 unspecified atom stereocenters. The Hall–Kier alpha value is -7.80. The van der Waals surface area contributed by atoms with E-state index in [0.29, 0.717) is 16.7 Å². The number of oxime groups is 1. The van der Waals surface area contributed by atoms with Gasteiger partial charge in [0.25, 0.3) is 11.8 Å². The molecule has 0 saturated carbocycles. The first kappa shape index (κ1) is 49.2. The van der Waals surface area contributed by atoms with E-state index in [1.807, 2.05) is 182 Å². The number of β-lactam (4-membered cyclic amide) rings is 1. The van der Waals surface area contributed by atoms with E-state index in [1.54, 1.807) is 0 Å². The molecular weight excluding hydrogens is 991 g/mol. The summed E-state index contributed by atoms with van der Waals surface area (Å²) in [5.41, 5.74) is -5.55. The van der Waals surface area contributed by atoms with Crippen molar-refractivity contribution in [2.45, 2.75) is 41.6 Å². The molecule has 1 aromatic heterocycles. The van der Waals surface area contributed by atoms with Crippen LogP contribution in [-0.2, 0) is 49.4 Å².